The molecule has 3 nitrogen and oxygen atoms in total. The minimum Gasteiger partial charge on any atom is -0.326 e. The van der Waals surface area contributed by atoms with Crippen LogP contribution in [0.25, 0.3) is 11.0 Å². The predicted molar refractivity (Wildman–Crippen MR) is 110 cm³/mol. The van der Waals surface area contributed by atoms with Crippen LogP contribution in [-0.4, -0.2) is 9.55 Å². The maximum absolute atomic E-state index is 4.93. The molecular formula is C23H29N3. The van der Waals surface area contributed by atoms with Gasteiger partial charge in [0, 0.05) is 11.7 Å². The summed E-state index contributed by atoms with van der Waals surface area (Å²) in [7, 11) is 0. The van der Waals surface area contributed by atoms with E-state index < -0.39 is 0 Å². The van der Waals surface area contributed by atoms with Crippen molar-refractivity contribution in [3.63, 3.8) is 0 Å². The van der Waals surface area contributed by atoms with E-state index in [1.165, 1.54) is 30.3 Å². The Kier molecular flexibility index (Phi) is 4.26. The first-order valence-electron chi connectivity index (χ1n) is 9.72. The average molecular weight is 348 g/mol. The van der Waals surface area contributed by atoms with Crippen LogP contribution >= 0.6 is 0 Å². The topological polar surface area (TPSA) is 29.9 Å². The van der Waals surface area contributed by atoms with Gasteiger partial charge in [-0.15, -0.1) is 0 Å². The minimum atomic E-state index is 0.370. The maximum Gasteiger partial charge on any atom is 0.208 e. The lowest BCUT2D eigenvalue weighted by atomic mass is 9.70. The third-order valence-corrected chi connectivity index (χ3v) is 5.63. The number of anilines is 2. The number of rotatable bonds is 3. The van der Waals surface area contributed by atoms with Crippen LogP contribution in [0.3, 0.4) is 0 Å². The Morgan fingerprint density at radius 3 is 2.50 bits per heavy atom. The van der Waals surface area contributed by atoms with Gasteiger partial charge in [-0.1, -0.05) is 50.6 Å². The zero-order valence-corrected chi connectivity index (χ0v) is 16.3. The van der Waals surface area contributed by atoms with Crippen LogP contribution in [0.1, 0.15) is 51.6 Å². The molecule has 1 N–H and O–H groups in total. The molecule has 1 heterocycles. The molecule has 0 amide bonds. The largest absolute Gasteiger partial charge is 0.326 e. The molecule has 1 aliphatic carbocycles. The Bertz CT molecular complexity index is 905. The molecule has 0 spiro atoms. The fourth-order valence-corrected chi connectivity index (χ4v) is 4.76. The van der Waals surface area contributed by atoms with Gasteiger partial charge in [0.1, 0.15) is 0 Å². The van der Waals surface area contributed by atoms with E-state index in [1.54, 1.807) is 0 Å². The van der Waals surface area contributed by atoms with Crippen LogP contribution < -0.4 is 5.32 Å². The maximum atomic E-state index is 4.93. The van der Waals surface area contributed by atoms with E-state index in [1.807, 2.05) is 0 Å². The predicted octanol–water partition coefficient (Wildman–Crippen LogP) is 6.48. The van der Waals surface area contributed by atoms with E-state index in [0.717, 1.165) is 23.1 Å². The zero-order chi connectivity index (χ0) is 18.3. The summed E-state index contributed by atoms with van der Waals surface area (Å²) in [5.74, 6) is 1.70. The van der Waals surface area contributed by atoms with Crippen molar-refractivity contribution in [3.05, 3.63) is 54.1 Å². The number of hydrogen-bond acceptors (Lipinski definition) is 2. The van der Waals surface area contributed by atoms with Crippen molar-refractivity contribution in [1.82, 2.24) is 9.55 Å². The monoisotopic (exact) mass is 347 g/mol. The fourth-order valence-electron chi connectivity index (χ4n) is 4.76. The smallest absolute Gasteiger partial charge is 0.208 e. The summed E-state index contributed by atoms with van der Waals surface area (Å²) in [6.45, 7) is 9.31. The van der Waals surface area contributed by atoms with Gasteiger partial charge in [0.05, 0.1) is 11.0 Å². The average Bonchev–Trinajstić information content (AvgIpc) is 2.93. The van der Waals surface area contributed by atoms with Crippen LogP contribution in [0.5, 0.6) is 0 Å². The lowest BCUT2D eigenvalue weighted by molar-refractivity contribution is 0.140. The van der Waals surface area contributed by atoms with E-state index >= 15 is 0 Å². The molecule has 0 radical (unpaired) electrons. The first-order valence-corrected chi connectivity index (χ1v) is 9.72. The molecule has 2 atom stereocenters. The first kappa shape index (κ1) is 17.1. The molecule has 1 saturated carbocycles. The Balaban J connectivity index is 1.77. The minimum absolute atomic E-state index is 0.370. The molecule has 4 rings (SSSR count). The summed E-state index contributed by atoms with van der Waals surface area (Å²) in [6.07, 6.45) is 3.71. The number of benzene rings is 2. The van der Waals surface area contributed by atoms with Gasteiger partial charge in [-0.25, -0.2) is 4.98 Å². The Morgan fingerprint density at radius 1 is 1.04 bits per heavy atom. The Labute approximate surface area is 156 Å². The summed E-state index contributed by atoms with van der Waals surface area (Å²) in [5.41, 5.74) is 5.03. The Hall–Kier alpha value is -2.29. The van der Waals surface area contributed by atoms with Crippen molar-refractivity contribution >= 4 is 22.7 Å². The fraction of sp³-hybridized carbons (Fsp3) is 0.435. The van der Waals surface area contributed by atoms with Crippen LogP contribution in [0.2, 0.25) is 0 Å². The van der Waals surface area contributed by atoms with Gasteiger partial charge >= 0.3 is 0 Å². The third kappa shape index (κ3) is 3.35. The number of nitrogens with zero attached hydrogens (tertiary/aromatic N) is 2. The van der Waals surface area contributed by atoms with E-state index in [9.17, 15) is 0 Å². The molecule has 0 saturated heterocycles. The molecule has 3 aromatic rings. The molecule has 0 bridgehead atoms. The third-order valence-electron chi connectivity index (χ3n) is 5.63. The molecule has 3 heteroatoms. The van der Waals surface area contributed by atoms with Gasteiger partial charge in [-0.05, 0) is 61.8 Å². The van der Waals surface area contributed by atoms with Crippen molar-refractivity contribution in [2.24, 2.45) is 11.3 Å². The van der Waals surface area contributed by atoms with Crippen LogP contribution in [0, 0.1) is 18.3 Å². The summed E-state index contributed by atoms with van der Waals surface area (Å²) in [6, 6.07) is 17.5. The van der Waals surface area contributed by atoms with Crippen molar-refractivity contribution < 1.29 is 0 Å². The number of nitrogens with one attached hydrogen (secondary N) is 1. The van der Waals surface area contributed by atoms with E-state index in [-0.39, 0.29) is 0 Å². The molecule has 26 heavy (non-hydrogen) atoms. The summed E-state index contributed by atoms with van der Waals surface area (Å²) in [4.78, 5) is 4.93. The number of aryl methyl sites for hydroxylation is 1. The lowest BCUT2D eigenvalue weighted by Gasteiger charge is -2.40. The molecule has 1 aromatic heterocycles. The second-order valence-electron chi connectivity index (χ2n) is 8.85. The number of fused-ring (bicyclic) bond motifs is 1. The van der Waals surface area contributed by atoms with E-state index in [2.05, 4.69) is 86.1 Å². The second kappa shape index (κ2) is 6.46. The van der Waals surface area contributed by atoms with Crippen LogP contribution in [0.4, 0.5) is 11.6 Å². The standard InChI is InChI=1S/C23H29N3/c1-16-9-11-18(12-10-16)24-22-25-20-7-5-6-8-21(20)26(22)19-13-17(2)14-23(3,4)15-19/h5-12,17,19H,13-15H2,1-4H3,(H,24,25)/t17-,19+/m1/s1. The summed E-state index contributed by atoms with van der Waals surface area (Å²) < 4.78 is 2.45. The number of aromatic nitrogens is 2. The number of hydrogen-bond donors (Lipinski definition) is 1. The molecule has 0 unspecified atom stereocenters. The highest BCUT2D eigenvalue weighted by Gasteiger charge is 2.34. The first-order chi connectivity index (χ1) is 12.4. The molecule has 1 aliphatic rings. The molecule has 2 aromatic carbocycles. The zero-order valence-electron chi connectivity index (χ0n) is 16.3. The number of para-hydroxylation sites is 2. The highest BCUT2D eigenvalue weighted by Crippen LogP contribution is 2.45. The van der Waals surface area contributed by atoms with Crippen LogP contribution in [-0.2, 0) is 0 Å². The van der Waals surface area contributed by atoms with Gasteiger partial charge in [0.2, 0.25) is 5.95 Å². The van der Waals surface area contributed by atoms with Gasteiger partial charge in [0.25, 0.3) is 0 Å². The molecule has 0 aliphatic heterocycles. The van der Waals surface area contributed by atoms with Crippen molar-refractivity contribution in [3.8, 4) is 0 Å². The van der Waals surface area contributed by atoms with Gasteiger partial charge < -0.3 is 9.88 Å². The van der Waals surface area contributed by atoms with Crippen molar-refractivity contribution in [2.45, 2.75) is 53.0 Å². The van der Waals surface area contributed by atoms with Gasteiger partial charge in [0.15, 0.2) is 0 Å². The van der Waals surface area contributed by atoms with E-state index in [0.29, 0.717) is 11.5 Å². The molecule has 1 fully saturated rings. The lowest BCUT2D eigenvalue weighted by Crippen LogP contribution is -2.29. The van der Waals surface area contributed by atoms with Crippen molar-refractivity contribution in [2.75, 3.05) is 5.32 Å². The highest BCUT2D eigenvalue weighted by atomic mass is 15.2. The van der Waals surface area contributed by atoms with E-state index in [4.69, 9.17) is 4.98 Å². The van der Waals surface area contributed by atoms with Gasteiger partial charge in [-0.2, -0.15) is 0 Å². The highest BCUT2D eigenvalue weighted by molar-refractivity contribution is 5.80. The quantitative estimate of drug-likeness (QED) is 0.588. The SMILES string of the molecule is Cc1ccc(Nc2nc3ccccc3n2[C@H]2C[C@@H](C)CC(C)(C)C2)cc1. The summed E-state index contributed by atoms with van der Waals surface area (Å²) >= 11 is 0. The van der Waals surface area contributed by atoms with Crippen molar-refractivity contribution in [1.29, 1.82) is 0 Å². The molecule has 136 valence electrons. The van der Waals surface area contributed by atoms with Gasteiger partial charge in [-0.3, -0.25) is 0 Å². The summed E-state index contributed by atoms with van der Waals surface area (Å²) in [5, 5.41) is 3.58. The molecular weight excluding hydrogens is 318 g/mol. The normalized spacial score (nSPS) is 22.5. The number of imidazole rings is 1. The second-order valence-corrected chi connectivity index (χ2v) is 8.85. The Morgan fingerprint density at radius 2 is 1.77 bits per heavy atom. The van der Waals surface area contributed by atoms with Crippen LogP contribution in [0.15, 0.2) is 48.5 Å².